The van der Waals surface area contributed by atoms with Gasteiger partial charge in [-0.25, -0.2) is 4.79 Å². The summed E-state index contributed by atoms with van der Waals surface area (Å²) in [5, 5.41) is 0. The zero-order valence-electron chi connectivity index (χ0n) is 9.07. The van der Waals surface area contributed by atoms with Gasteiger partial charge < -0.3 is 9.64 Å². The first-order valence-corrected chi connectivity index (χ1v) is 4.73. The van der Waals surface area contributed by atoms with Crippen LogP contribution in [0.2, 0.25) is 0 Å². The zero-order chi connectivity index (χ0) is 12.9. The summed E-state index contributed by atoms with van der Waals surface area (Å²) >= 11 is 0. The minimum Gasteiger partial charge on any atom is -0.440 e. The van der Waals surface area contributed by atoms with Gasteiger partial charge in [0.15, 0.2) is 6.61 Å². The Hall–Kier alpha value is -1.79. The fourth-order valence-corrected chi connectivity index (χ4v) is 1.05. The molecule has 0 N–H and O–H groups in total. The van der Waals surface area contributed by atoms with Crippen molar-refractivity contribution in [2.75, 3.05) is 13.7 Å². The maximum absolute atomic E-state index is 11.8. The second kappa shape index (κ2) is 5.51. The van der Waals surface area contributed by atoms with E-state index in [1.165, 1.54) is 13.2 Å². The molecule has 0 spiro atoms. The van der Waals surface area contributed by atoms with Gasteiger partial charge in [0.05, 0.1) is 12.2 Å². The van der Waals surface area contributed by atoms with Crippen LogP contribution in [-0.2, 0) is 11.3 Å². The second-order valence-corrected chi connectivity index (χ2v) is 3.35. The average molecular weight is 248 g/mol. The highest BCUT2D eigenvalue weighted by molar-refractivity contribution is 5.67. The van der Waals surface area contributed by atoms with Crippen molar-refractivity contribution in [1.82, 2.24) is 9.88 Å². The maximum Gasteiger partial charge on any atom is 0.422 e. The van der Waals surface area contributed by atoms with Crippen LogP contribution in [0.1, 0.15) is 5.69 Å². The Labute approximate surface area is 96.0 Å². The molecule has 1 amide bonds. The number of rotatable bonds is 3. The Morgan fingerprint density at radius 3 is 2.71 bits per heavy atom. The van der Waals surface area contributed by atoms with Crippen LogP contribution in [0.3, 0.4) is 0 Å². The zero-order valence-corrected chi connectivity index (χ0v) is 9.07. The van der Waals surface area contributed by atoms with Gasteiger partial charge in [-0.05, 0) is 12.1 Å². The molecule has 17 heavy (non-hydrogen) atoms. The van der Waals surface area contributed by atoms with E-state index in [0.717, 1.165) is 4.90 Å². The number of carbonyl (C=O) groups is 1. The van der Waals surface area contributed by atoms with Crippen molar-refractivity contribution >= 4 is 6.09 Å². The fraction of sp³-hybridized carbons (Fsp3) is 0.400. The molecule has 0 aromatic carbocycles. The van der Waals surface area contributed by atoms with E-state index in [2.05, 4.69) is 9.72 Å². The summed E-state index contributed by atoms with van der Waals surface area (Å²) in [6, 6.07) is 5.08. The van der Waals surface area contributed by atoms with Crippen molar-refractivity contribution in [1.29, 1.82) is 0 Å². The van der Waals surface area contributed by atoms with Gasteiger partial charge in [0.1, 0.15) is 0 Å². The van der Waals surface area contributed by atoms with Crippen molar-refractivity contribution < 1.29 is 22.7 Å². The van der Waals surface area contributed by atoms with Crippen molar-refractivity contribution in [3.8, 4) is 0 Å². The highest BCUT2D eigenvalue weighted by atomic mass is 19.4. The first-order chi connectivity index (χ1) is 7.88. The summed E-state index contributed by atoms with van der Waals surface area (Å²) in [6.07, 6.45) is -4.01. The third kappa shape index (κ3) is 5.19. The number of pyridine rings is 1. The Morgan fingerprint density at radius 1 is 1.47 bits per heavy atom. The van der Waals surface area contributed by atoms with Gasteiger partial charge in [-0.15, -0.1) is 0 Å². The number of amides is 1. The Balaban J connectivity index is 2.43. The molecule has 0 radical (unpaired) electrons. The van der Waals surface area contributed by atoms with E-state index in [1.54, 1.807) is 18.2 Å². The number of hydrogen-bond acceptors (Lipinski definition) is 3. The molecule has 7 heteroatoms. The Bertz CT molecular complexity index is 368. The van der Waals surface area contributed by atoms with Gasteiger partial charge in [-0.2, -0.15) is 13.2 Å². The molecule has 4 nitrogen and oxygen atoms in total. The highest BCUT2D eigenvalue weighted by Gasteiger charge is 2.30. The van der Waals surface area contributed by atoms with Crippen LogP contribution in [0.25, 0.3) is 0 Å². The first-order valence-electron chi connectivity index (χ1n) is 4.73. The topological polar surface area (TPSA) is 42.4 Å². The third-order valence-electron chi connectivity index (χ3n) is 1.80. The molecular formula is C10H11F3N2O2. The predicted molar refractivity (Wildman–Crippen MR) is 53.1 cm³/mol. The Kier molecular flexibility index (Phi) is 4.30. The van der Waals surface area contributed by atoms with Crippen LogP contribution in [-0.4, -0.2) is 35.8 Å². The number of halogens is 3. The van der Waals surface area contributed by atoms with Crippen molar-refractivity contribution in [2.45, 2.75) is 12.7 Å². The normalized spacial score (nSPS) is 11.1. The molecule has 0 aliphatic heterocycles. The molecule has 1 heterocycles. The molecular weight excluding hydrogens is 237 g/mol. The fourth-order valence-electron chi connectivity index (χ4n) is 1.05. The number of alkyl halides is 3. The molecule has 0 saturated heterocycles. The van der Waals surface area contributed by atoms with Crippen LogP contribution >= 0.6 is 0 Å². The molecule has 0 aliphatic carbocycles. The number of hydrogen-bond donors (Lipinski definition) is 0. The SMILES string of the molecule is CN(Cc1ccccn1)C(=O)OCC(F)(F)F. The molecule has 0 unspecified atom stereocenters. The lowest BCUT2D eigenvalue weighted by atomic mass is 10.3. The summed E-state index contributed by atoms with van der Waals surface area (Å²) < 4.78 is 39.5. The molecule has 1 aromatic rings. The van der Waals surface area contributed by atoms with E-state index in [1.807, 2.05) is 0 Å². The van der Waals surface area contributed by atoms with Gasteiger partial charge in [0.2, 0.25) is 0 Å². The average Bonchev–Trinajstić information content (AvgIpc) is 2.26. The predicted octanol–water partition coefficient (Wildman–Crippen LogP) is 2.21. The standard InChI is InChI=1S/C10H11F3N2O2/c1-15(6-8-4-2-3-5-14-8)9(16)17-7-10(11,12)13/h2-5H,6-7H2,1H3. The van der Waals surface area contributed by atoms with E-state index in [4.69, 9.17) is 0 Å². The molecule has 0 bridgehead atoms. The van der Waals surface area contributed by atoms with E-state index in [0.29, 0.717) is 5.69 Å². The molecule has 0 saturated carbocycles. The molecule has 0 aliphatic rings. The van der Waals surface area contributed by atoms with Gasteiger partial charge in [0.25, 0.3) is 0 Å². The highest BCUT2D eigenvalue weighted by Crippen LogP contribution is 2.15. The number of nitrogens with zero attached hydrogens (tertiary/aromatic N) is 2. The number of carbonyl (C=O) groups excluding carboxylic acids is 1. The lowest BCUT2D eigenvalue weighted by molar-refractivity contribution is -0.162. The van der Waals surface area contributed by atoms with E-state index < -0.39 is 18.9 Å². The first kappa shape index (κ1) is 13.3. The number of aromatic nitrogens is 1. The second-order valence-electron chi connectivity index (χ2n) is 3.35. The van der Waals surface area contributed by atoms with Crippen molar-refractivity contribution in [3.63, 3.8) is 0 Å². The minimum atomic E-state index is -4.51. The molecule has 1 rings (SSSR count). The van der Waals surface area contributed by atoms with Crippen LogP contribution in [0.15, 0.2) is 24.4 Å². The molecule has 94 valence electrons. The summed E-state index contributed by atoms with van der Waals surface area (Å²) in [5.41, 5.74) is 0.568. The van der Waals surface area contributed by atoms with Crippen LogP contribution in [0.4, 0.5) is 18.0 Å². The van der Waals surface area contributed by atoms with Crippen molar-refractivity contribution in [2.24, 2.45) is 0 Å². The summed E-state index contributed by atoms with van der Waals surface area (Å²) in [4.78, 5) is 16.1. The number of ether oxygens (including phenoxy) is 1. The third-order valence-corrected chi connectivity index (χ3v) is 1.80. The lowest BCUT2D eigenvalue weighted by Gasteiger charge is -2.17. The molecule has 1 aromatic heterocycles. The van der Waals surface area contributed by atoms with E-state index >= 15 is 0 Å². The summed E-state index contributed by atoms with van der Waals surface area (Å²) in [7, 11) is 1.34. The molecule has 0 fully saturated rings. The monoisotopic (exact) mass is 248 g/mol. The van der Waals surface area contributed by atoms with Crippen molar-refractivity contribution in [3.05, 3.63) is 30.1 Å². The van der Waals surface area contributed by atoms with Crippen LogP contribution < -0.4 is 0 Å². The summed E-state index contributed by atoms with van der Waals surface area (Å²) in [5.74, 6) is 0. The van der Waals surface area contributed by atoms with Gasteiger partial charge in [-0.3, -0.25) is 4.98 Å². The smallest absolute Gasteiger partial charge is 0.422 e. The molecule has 0 atom stereocenters. The van der Waals surface area contributed by atoms with Gasteiger partial charge in [0, 0.05) is 13.2 Å². The quantitative estimate of drug-likeness (QED) is 0.823. The lowest BCUT2D eigenvalue weighted by Crippen LogP contribution is -2.30. The summed E-state index contributed by atoms with van der Waals surface area (Å²) in [6.45, 7) is -1.49. The largest absolute Gasteiger partial charge is 0.440 e. The van der Waals surface area contributed by atoms with Crippen LogP contribution in [0.5, 0.6) is 0 Å². The Morgan fingerprint density at radius 2 is 2.18 bits per heavy atom. The minimum absolute atomic E-state index is 0.0948. The van der Waals surface area contributed by atoms with Crippen LogP contribution in [0, 0.1) is 0 Å². The van der Waals surface area contributed by atoms with E-state index in [9.17, 15) is 18.0 Å². The van der Waals surface area contributed by atoms with Gasteiger partial charge >= 0.3 is 12.3 Å². The van der Waals surface area contributed by atoms with E-state index in [-0.39, 0.29) is 6.54 Å². The maximum atomic E-state index is 11.8. The van der Waals surface area contributed by atoms with Gasteiger partial charge in [-0.1, -0.05) is 6.07 Å².